The SMILES string of the molecule is CN=C(NCCSc1ccccc1)NCCc1ccc(OCC(N)=O)cc1. The third-order valence-electron chi connectivity index (χ3n) is 3.64. The van der Waals surface area contributed by atoms with E-state index >= 15 is 0 Å². The minimum absolute atomic E-state index is 0.106. The van der Waals surface area contributed by atoms with E-state index in [9.17, 15) is 4.79 Å². The smallest absolute Gasteiger partial charge is 0.255 e. The molecule has 4 N–H and O–H groups in total. The second kappa shape index (κ2) is 11.9. The van der Waals surface area contributed by atoms with Crippen molar-refractivity contribution in [3.63, 3.8) is 0 Å². The van der Waals surface area contributed by atoms with Gasteiger partial charge < -0.3 is 21.1 Å². The van der Waals surface area contributed by atoms with Crippen LogP contribution in [0.15, 0.2) is 64.5 Å². The number of hydrogen-bond acceptors (Lipinski definition) is 4. The summed E-state index contributed by atoms with van der Waals surface area (Å²) >= 11 is 1.81. The standard InChI is InChI=1S/C20H26N4O2S/c1-22-20(24-13-14-27-18-5-3-2-4-6-18)23-12-11-16-7-9-17(10-8-16)26-15-19(21)25/h2-10H,11-15H2,1H3,(H2,21,25)(H2,22,23,24). The second-order valence-electron chi connectivity index (χ2n) is 5.74. The number of rotatable bonds is 10. The van der Waals surface area contributed by atoms with E-state index in [1.54, 1.807) is 7.05 Å². The number of benzene rings is 2. The molecule has 1 amide bonds. The molecule has 0 heterocycles. The Morgan fingerprint density at radius 2 is 1.78 bits per heavy atom. The van der Waals surface area contributed by atoms with Crippen molar-refractivity contribution in [2.75, 3.05) is 32.5 Å². The minimum Gasteiger partial charge on any atom is -0.484 e. The van der Waals surface area contributed by atoms with Gasteiger partial charge in [-0.3, -0.25) is 9.79 Å². The van der Waals surface area contributed by atoms with E-state index in [1.165, 1.54) is 10.5 Å². The Hall–Kier alpha value is -2.67. The summed E-state index contributed by atoms with van der Waals surface area (Å²) < 4.78 is 5.25. The van der Waals surface area contributed by atoms with Crippen LogP contribution in [0.5, 0.6) is 5.75 Å². The number of nitrogens with zero attached hydrogens (tertiary/aromatic N) is 1. The van der Waals surface area contributed by atoms with Crippen molar-refractivity contribution in [3.05, 3.63) is 60.2 Å². The zero-order valence-corrected chi connectivity index (χ0v) is 16.3. The van der Waals surface area contributed by atoms with Crippen LogP contribution in [0.4, 0.5) is 0 Å². The molecule has 0 bridgehead atoms. The van der Waals surface area contributed by atoms with Gasteiger partial charge in [0, 0.05) is 30.8 Å². The highest BCUT2D eigenvalue weighted by molar-refractivity contribution is 7.99. The van der Waals surface area contributed by atoms with Gasteiger partial charge in [-0.2, -0.15) is 0 Å². The summed E-state index contributed by atoms with van der Waals surface area (Å²) in [6.07, 6.45) is 0.857. The molecule has 2 rings (SSSR count). The first-order chi connectivity index (χ1) is 13.2. The van der Waals surface area contributed by atoms with Gasteiger partial charge in [-0.05, 0) is 36.2 Å². The number of nitrogens with one attached hydrogen (secondary N) is 2. The van der Waals surface area contributed by atoms with Gasteiger partial charge in [0.15, 0.2) is 12.6 Å². The molecule has 0 radical (unpaired) electrons. The third-order valence-corrected chi connectivity index (χ3v) is 4.65. The molecule has 0 aliphatic heterocycles. The number of hydrogen-bond donors (Lipinski definition) is 3. The Bertz CT molecular complexity index is 721. The Morgan fingerprint density at radius 1 is 1.07 bits per heavy atom. The van der Waals surface area contributed by atoms with Gasteiger partial charge >= 0.3 is 0 Å². The summed E-state index contributed by atoms with van der Waals surface area (Å²) in [4.78, 5) is 16.2. The normalized spacial score (nSPS) is 11.1. The van der Waals surface area contributed by atoms with Crippen LogP contribution in [-0.2, 0) is 11.2 Å². The molecular formula is C20H26N4O2S. The Balaban J connectivity index is 1.63. The number of thioether (sulfide) groups is 1. The van der Waals surface area contributed by atoms with Crippen molar-refractivity contribution in [1.82, 2.24) is 10.6 Å². The molecule has 0 saturated carbocycles. The molecular weight excluding hydrogens is 360 g/mol. The number of ether oxygens (including phenoxy) is 1. The molecule has 2 aromatic carbocycles. The molecule has 0 aliphatic rings. The Labute approximate surface area is 164 Å². The summed E-state index contributed by atoms with van der Waals surface area (Å²) in [6.45, 7) is 1.50. The van der Waals surface area contributed by atoms with E-state index in [-0.39, 0.29) is 6.61 Å². The van der Waals surface area contributed by atoms with Crippen molar-refractivity contribution in [1.29, 1.82) is 0 Å². The van der Waals surface area contributed by atoms with Crippen molar-refractivity contribution in [3.8, 4) is 5.75 Å². The van der Waals surface area contributed by atoms with E-state index in [2.05, 4.69) is 27.8 Å². The van der Waals surface area contributed by atoms with Gasteiger partial charge in [0.25, 0.3) is 5.91 Å². The summed E-state index contributed by atoms with van der Waals surface area (Å²) in [5.41, 5.74) is 6.23. The molecule has 0 aliphatic carbocycles. The van der Waals surface area contributed by atoms with E-state index in [0.717, 1.165) is 31.2 Å². The molecule has 7 heteroatoms. The Morgan fingerprint density at radius 3 is 2.44 bits per heavy atom. The van der Waals surface area contributed by atoms with Gasteiger partial charge in [-0.25, -0.2) is 0 Å². The number of amides is 1. The molecule has 0 aromatic heterocycles. The Kier molecular flexibility index (Phi) is 9.06. The average Bonchev–Trinajstić information content (AvgIpc) is 2.70. The highest BCUT2D eigenvalue weighted by Crippen LogP contribution is 2.15. The lowest BCUT2D eigenvalue weighted by Gasteiger charge is -2.12. The molecule has 0 unspecified atom stereocenters. The zero-order chi connectivity index (χ0) is 19.3. The lowest BCUT2D eigenvalue weighted by Crippen LogP contribution is -2.39. The van der Waals surface area contributed by atoms with Gasteiger partial charge in [-0.15, -0.1) is 11.8 Å². The number of nitrogens with two attached hydrogens (primary N) is 1. The summed E-state index contributed by atoms with van der Waals surface area (Å²) in [5, 5.41) is 6.63. The number of carbonyl (C=O) groups excluding carboxylic acids is 1. The monoisotopic (exact) mass is 386 g/mol. The van der Waals surface area contributed by atoms with E-state index in [0.29, 0.717) is 5.75 Å². The quantitative estimate of drug-likeness (QED) is 0.252. The van der Waals surface area contributed by atoms with Gasteiger partial charge in [0.1, 0.15) is 5.75 Å². The molecule has 27 heavy (non-hydrogen) atoms. The molecule has 144 valence electrons. The minimum atomic E-state index is -0.482. The van der Waals surface area contributed by atoms with E-state index in [1.807, 2.05) is 54.2 Å². The first kappa shape index (κ1) is 20.6. The summed E-state index contributed by atoms with van der Waals surface area (Å²) in [7, 11) is 1.77. The predicted octanol–water partition coefficient (Wildman–Crippen LogP) is 2.05. The molecule has 0 fully saturated rings. The fraction of sp³-hybridized carbons (Fsp3) is 0.300. The first-order valence-corrected chi connectivity index (χ1v) is 9.78. The molecule has 2 aromatic rings. The first-order valence-electron chi connectivity index (χ1n) is 8.80. The van der Waals surface area contributed by atoms with Gasteiger partial charge in [0.2, 0.25) is 0 Å². The van der Waals surface area contributed by atoms with Crippen LogP contribution in [0.25, 0.3) is 0 Å². The fourth-order valence-corrected chi connectivity index (χ4v) is 3.10. The van der Waals surface area contributed by atoms with Crippen molar-refractivity contribution >= 4 is 23.6 Å². The molecule has 6 nitrogen and oxygen atoms in total. The molecule has 0 saturated heterocycles. The number of guanidine groups is 1. The van der Waals surface area contributed by atoms with Crippen LogP contribution in [0, 0.1) is 0 Å². The highest BCUT2D eigenvalue weighted by Gasteiger charge is 2.01. The topological polar surface area (TPSA) is 88.7 Å². The maximum Gasteiger partial charge on any atom is 0.255 e. The molecule has 0 atom stereocenters. The highest BCUT2D eigenvalue weighted by atomic mass is 32.2. The van der Waals surface area contributed by atoms with Crippen LogP contribution in [0.3, 0.4) is 0 Å². The van der Waals surface area contributed by atoms with Crippen LogP contribution in [0.2, 0.25) is 0 Å². The maximum atomic E-state index is 10.7. The van der Waals surface area contributed by atoms with Crippen LogP contribution >= 0.6 is 11.8 Å². The lowest BCUT2D eigenvalue weighted by molar-refractivity contribution is -0.119. The largest absolute Gasteiger partial charge is 0.484 e. The maximum absolute atomic E-state index is 10.7. The van der Waals surface area contributed by atoms with Crippen molar-refractivity contribution in [2.24, 2.45) is 10.7 Å². The van der Waals surface area contributed by atoms with Crippen LogP contribution in [0.1, 0.15) is 5.56 Å². The summed E-state index contributed by atoms with van der Waals surface area (Å²) in [6, 6.07) is 18.0. The second-order valence-corrected chi connectivity index (χ2v) is 6.90. The number of carbonyl (C=O) groups is 1. The summed E-state index contributed by atoms with van der Waals surface area (Å²) in [5.74, 6) is 1.92. The van der Waals surface area contributed by atoms with Crippen LogP contribution < -0.4 is 21.1 Å². The van der Waals surface area contributed by atoms with E-state index in [4.69, 9.17) is 10.5 Å². The van der Waals surface area contributed by atoms with Crippen LogP contribution in [-0.4, -0.2) is 44.4 Å². The number of primary amides is 1. The van der Waals surface area contributed by atoms with Gasteiger partial charge in [-0.1, -0.05) is 30.3 Å². The van der Waals surface area contributed by atoms with E-state index < -0.39 is 5.91 Å². The fourth-order valence-electron chi connectivity index (χ4n) is 2.31. The van der Waals surface area contributed by atoms with Crippen molar-refractivity contribution < 1.29 is 9.53 Å². The third kappa shape index (κ3) is 8.50. The van der Waals surface area contributed by atoms with Gasteiger partial charge in [0.05, 0.1) is 0 Å². The zero-order valence-electron chi connectivity index (χ0n) is 15.5. The lowest BCUT2D eigenvalue weighted by atomic mass is 10.1. The number of aliphatic imine (C=N–C) groups is 1. The predicted molar refractivity (Wildman–Crippen MR) is 111 cm³/mol. The van der Waals surface area contributed by atoms with Crippen molar-refractivity contribution in [2.45, 2.75) is 11.3 Å². The molecule has 0 spiro atoms. The average molecular weight is 387 g/mol.